The van der Waals surface area contributed by atoms with E-state index in [0.717, 1.165) is 43.3 Å². The van der Waals surface area contributed by atoms with Crippen LogP contribution < -0.4 is 5.73 Å². The van der Waals surface area contributed by atoms with Gasteiger partial charge in [0.2, 0.25) is 0 Å². The van der Waals surface area contributed by atoms with Gasteiger partial charge in [-0.2, -0.15) is 0 Å². The molecule has 0 bridgehead atoms. The molecule has 3 nitrogen and oxygen atoms in total. The average molecular weight is 334 g/mol. The molecule has 4 aliphatic carbocycles. The van der Waals surface area contributed by atoms with Gasteiger partial charge in [-0.05, 0) is 80.5 Å². The largest absolute Gasteiger partial charge is 0.347 e. The van der Waals surface area contributed by atoms with Gasteiger partial charge in [-0.15, -0.1) is 0 Å². The molecule has 0 radical (unpaired) electrons. The fourth-order valence-corrected chi connectivity index (χ4v) is 8.18. The van der Waals surface area contributed by atoms with Crippen molar-refractivity contribution in [3.8, 4) is 0 Å². The highest BCUT2D eigenvalue weighted by molar-refractivity contribution is 5.12. The first kappa shape index (κ1) is 16.1. The second-order valence-corrected chi connectivity index (χ2v) is 10.1. The Balaban J connectivity index is 1.45. The van der Waals surface area contributed by atoms with Gasteiger partial charge in [0, 0.05) is 17.9 Å². The smallest absolute Gasteiger partial charge is 0.174 e. The molecular weight excluding hydrogens is 298 g/mol. The van der Waals surface area contributed by atoms with Crippen LogP contribution in [0, 0.1) is 34.5 Å². The summed E-state index contributed by atoms with van der Waals surface area (Å²) in [5.74, 6) is 3.25. The van der Waals surface area contributed by atoms with E-state index in [1.54, 1.807) is 0 Å². The van der Waals surface area contributed by atoms with Gasteiger partial charge in [-0.25, -0.2) is 0 Å². The lowest BCUT2D eigenvalue weighted by Gasteiger charge is -2.61. The van der Waals surface area contributed by atoms with Crippen LogP contribution in [0.1, 0.15) is 71.6 Å². The summed E-state index contributed by atoms with van der Waals surface area (Å²) in [5, 5.41) is 0. The second-order valence-electron chi connectivity index (χ2n) is 10.1. The third-order valence-corrected chi connectivity index (χ3v) is 9.50. The van der Waals surface area contributed by atoms with Crippen molar-refractivity contribution in [1.29, 1.82) is 0 Å². The molecule has 1 heterocycles. The minimum atomic E-state index is -0.241. The molecule has 0 amide bonds. The molecule has 5 fully saturated rings. The van der Waals surface area contributed by atoms with Crippen LogP contribution in [-0.4, -0.2) is 25.0 Å². The fourth-order valence-electron chi connectivity index (χ4n) is 8.18. The first-order chi connectivity index (χ1) is 11.5. The number of hydrogen-bond acceptors (Lipinski definition) is 3. The van der Waals surface area contributed by atoms with Gasteiger partial charge in [0.25, 0.3) is 0 Å². The monoisotopic (exact) mass is 333 g/mol. The Kier molecular flexibility index (Phi) is 3.49. The lowest BCUT2D eigenvalue weighted by atomic mass is 9.45. The van der Waals surface area contributed by atoms with E-state index in [4.69, 9.17) is 15.2 Å². The Morgan fingerprint density at radius 3 is 2.38 bits per heavy atom. The van der Waals surface area contributed by atoms with Crippen LogP contribution >= 0.6 is 0 Å². The zero-order valence-corrected chi connectivity index (χ0v) is 15.6. The molecule has 4 saturated carbocycles. The fraction of sp³-hybridized carbons (Fsp3) is 1.00. The van der Waals surface area contributed by atoms with Gasteiger partial charge in [0.1, 0.15) is 0 Å². The normalized spacial score (nSPS) is 55.9. The van der Waals surface area contributed by atoms with Crippen LogP contribution in [0.15, 0.2) is 0 Å². The van der Waals surface area contributed by atoms with Crippen LogP contribution in [0.4, 0.5) is 0 Å². The summed E-state index contributed by atoms with van der Waals surface area (Å²) in [5.41, 5.74) is 7.12. The molecule has 1 saturated heterocycles. The van der Waals surface area contributed by atoms with Crippen LogP contribution in [0.2, 0.25) is 0 Å². The molecule has 0 aromatic heterocycles. The number of nitrogens with two attached hydrogens (primary N) is 1. The van der Waals surface area contributed by atoms with E-state index in [1.165, 1.54) is 51.4 Å². The van der Waals surface area contributed by atoms with Crippen molar-refractivity contribution in [2.24, 2.45) is 40.2 Å². The standard InChI is InChI=1S/C21H35NO2/c1-19-8-5-15(22)13-14(19)3-4-16-17(19)6-9-20(2)18(16)7-10-21(20)23-11-12-24-21/h14-18H,3-13,22H2,1-2H3. The minimum Gasteiger partial charge on any atom is -0.347 e. The van der Waals surface area contributed by atoms with Crippen molar-refractivity contribution in [3.63, 3.8) is 0 Å². The Morgan fingerprint density at radius 1 is 0.833 bits per heavy atom. The lowest BCUT2D eigenvalue weighted by Crippen LogP contribution is -2.57. The van der Waals surface area contributed by atoms with Gasteiger partial charge in [0.05, 0.1) is 13.2 Å². The highest BCUT2D eigenvalue weighted by Crippen LogP contribution is 2.69. The van der Waals surface area contributed by atoms with E-state index >= 15 is 0 Å². The van der Waals surface area contributed by atoms with Crippen LogP contribution in [0.5, 0.6) is 0 Å². The van der Waals surface area contributed by atoms with Crippen LogP contribution in [-0.2, 0) is 9.47 Å². The van der Waals surface area contributed by atoms with E-state index in [2.05, 4.69) is 13.8 Å². The van der Waals surface area contributed by atoms with Crippen molar-refractivity contribution in [1.82, 2.24) is 0 Å². The number of ether oxygens (including phenoxy) is 2. The van der Waals surface area contributed by atoms with Gasteiger partial charge < -0.3 is 15.2 Å². The molecule has 7 unspecified atom stereocenters. The minimum absolute atomic E-state index is 0.241. The SMILES string of the molecule is CC12CCC(N)CC1CCC1C2CCC2(C)C1CCC21OCCO1. The van der Waals surface area contributed by atoms with Crippen LogP contribution in [0.25, 0.3) is 0 Å². The molecule has 3 heteroatoms. The molecular formula is C21H35NO2. The topological polar surface area (TPSA) is 44.5 Å². The van der Waals surface area contributed by atoms with Gasteiger partial charge in [-0.3, -0.25) is 0 Å². The Hall–Kier alpha value is -0.120. The summed E-state index contributed by atoms with van der Waals surface area (Å²) in [6.07, 6.45) is 11.8. The quantitative estimate of drug-likeness (QED) is 0.726. The van der Waals surface area contributed by atoms with Crippen molar-refractivity contribution >= 4 is 0 Å². The van der Waals surface area contributed by atoms with Crippen molar-refractivity contribution in [2.45, 2.75) is 83.5 Å². The van der Waals surface area contributed by atoms with E-state index in [9.17, 15) is 0 Å². The molecule has 136 valence electrons. The van der Waals surface area contributed by atoms with E-state index in [0.29, 0.717) is 11.5 Å². The third kappa shape index (κ3) is 1.90. The van der Waals surface area contributed by atoms with Crippen molar-refractivity contribution < 1.29 is 9.47 Å². The molecule has 5 aliphatic rings. The first-order valence-corrected chi connectivity index (χ1v) is 10.5. The van der Waals surface area contributed by atoms with E-state index < -0.39 is 0 Å². The number of rotatable bonds is 0. The average Bonchev–Trinajstić information content (AvgIpc) is 3.15. The maximum absolute atomic E-state index is 6.32. The highest BCUT2D eigenvalue weighted by atomic mass is 16.7. The molecule has 0 aromatic rings. The summed E-state index contributed by atoms with van der Waals surface area (Å²) in [7, 11) is 0. The maximum atomic E-state index is 6.32. The predicted octanol–water partition coefficient (Wildman–Crippen LogP) is 4.10. The van der Waals surface area contributed by atoms with Gasteiger partial charge in [-0.1, -0.05) is 13.8 Å². The Bertz CT molecular complexity index is 516. The van der Waals surface area contributed by atoms with Crippen LogP contribution in [0.3, 0.4) is 0 Å². The number of hydrogen-bond donors (Lipinski definition) is 1. The van der Waals surface area contributed by atoms with E-state index in [-0.39, 0.29) is 11.2 Å². The molecule has 2 N–H and O–H groups in total. The van der Waals surface area contributed by atoms with Gasteiger partial charge >= 0.3 is 0 Å². The van der Waals surface area contributed by atoms with Crippen molar-refractivity contribution in [2.75, 3.05) is 13.2 Å². The Morgan fingerprint density at radius 2 is 1.58 bits per heavy atom. The second kappa shape index (κ2) is 5.20. The lowest BCUT2D eigenvalue weighted by molar-refractivity contribution is -0.247. The zero-order chi connectivity index (χ0) is 16.6. The zero-order valence-electron chi connectivity index (χ0n) is 15.6. The molecule has 7 atom stereocenters. The molecule has 5 rings (SSSR count). The molecule has 1 aliphatic heterocycles. The van der Waals surface area contributed by atoms with E-state index in [1.807, 2.05) is 0 Å². The maximum Gasteiger partial charge on any atom is 0.174 e. The summed E-state index contributed by atoms with van der Waals surface area (Å²) < 4.78 is 12.5. The summed E-state index contributed by atoms with van der Waals surface area (Å²) >= 11 is 0. The summed E-state index contributed by atoms with van der Waals surface area (Å²) in [4.78, 5) is 0. The van der Waals surface area contributed by atoms with Crippen molar-refractivity contribution in [3.05, 3.63) is 0 Å². The third-order valence-electron chi connectivity index (χ3n) is 9.50. The first-order valence-electron chi connectivity index (χ1n) is 10.5. The predicted molar refractivity (Wildman–Crippen MR) is 94.3 cm³/mol. The molecule has 1 spiro atoms. The van der Waals surface area contributed by atoms with Gasteiger partial charge in [0.15, 0.2) is 5.79 Å². The molecule has 24 heavy (non-hydrogen) atoms. The summed E-state index contributed by atoms with van der Waals surface area (Å²) in [6, 6.07) is 0.462. The highest BCUT2D eigenvalue weighted by Gasteiger charge is 2.67. The number of fused-ring (bicyclic) bond motifs is 6. The molecule has 0 aromatic carbocycles. The summed E-state index contributed by atoms with van der Waals surface area (Å²) in [6.45, 7) is 6.72. The Labute approximate surface area is 147 Å².